The molecule has 0 aliphatic carbocycles. The van der Waals surface area contributed by atoms with Gasteiger partial charge in [0.2, 0.25) is 0 Å². The van der Waals surface area contributed by atoms with E-state index in [-0.39, 0.29) is 17.4 Å². The van der Waals surface area contributed by atoms with Crippen LogP contribution in [0.25, 0.3) is 22.2 Å². The Labute approximate surface area is 161 Å². The molecule has 0 spiro atoms. The number of nitrogens with zero attached hydrogens (tertiary/aromatic N) is 3. The van der Waals surface area contributed by atoms with Gasteiger partial charge < -0.3 is 9.30 Å². The zero-order valence-corrected chi connectivity index (χ0v) is 15.3. The van der Waals surface area contributed by atoms with Crippen LogP contribution in [0.15, 0.2) is 59.5 Å². The maximum atomic E-state index is 13.3. The molecule has 1 fully saturated rings. The number of pyridine rings is 1. The molecule has 1 saturated heterocycles. The van der Waals surface area contributed by atoms with E-state index in [1.54, 1.807) is 16.8 Å². The summed E-state index contributed by atoms with van der Waals surface area (Å²) < 4.78 is 22.4. The first-order chi connectivity index (χ1) is 13.7. The largest absolute Gasteiger partial charge is 0.381 e. The molecule has 28 heavy (non-hydrogen) atoms. The van der Waals surface area contributed by atoms with Gasteiger partial charge in [-0.2, -0.15) is 5.10 Å². The Kier molecular flexibility index (Phi) is 4.20. The van der Waals surface area contributed by atoms with Gasteiger partial charge >= 0.3 is 0 Å². The number of hydrogen-bond donors (Lipinski definition) is 0. The summed E-state index contributed by atoms with van der Waals surface area (Å²) in [6.45, 7) is 1.87. The molecular weight excluding hydrogens is 357 g/mol. The fourth-order valence-electron chi connectivity index (χ4n) is 3.99. The number of rotatable bonds is 3. The highest BCUT2D eigenvalue weighted by Crippen LogP contribution is 2.30. The lowest BCUT2D eigenvalue weighted by Crippen LogP contribution is -2.27. The average Bonchev–Trinajstić information content (AvgIpc) is 3.07. The summed E-state index contributed by atoms with van der Waals surface area (Å²) in [7, 11) is 0. The normalized spacial score (nSPS) is 15.5. The Morgan fingerprint density at radius 3 is 2.61 bits per heavy atom. The Morgan fingerprint density at radius 2 is 1.82 bits per heavy atom. The molecule has 0 amide bonds. The van der Waals surface area contributed by atoms with Gasteiger partial charge in [0.05, 0.1) is 17.1 Å². The lowest BCUT2D eigenvalue weighted by molar-refractivity contribution is 0.0655. The molecule has 0 radical (unpaired) electrons. The van der Waals surface area contributed by atoms with Crippen molar-refractivity contribution < 1.29 is 9.13 Å². The zero-order chi connectivity index (χ0) is 19.1. The van der Waals surface area contributed by atoms with Crippen molar-refractivity contribution in [1.82, 2.24) is 14.3 Å². The van der Waals surface area contributed by atoms with E-state index in [9.17, 15) is 9.18 Å². The predicted molar refractivity (Wildman–Crippen MR) is 105 cm³/mol. The van der Waals surface area contributed by atoms with Gasteiger partial charge in [-0.3, -0.25) is 4.79 Å². The molecule has 0 N–H and O–H groups in total. The van der Waals surface area contributed by atoms with Crippen molar-refractivity contribution in [3.8, 4) is 11.3 Å². The standard InChI is InChI=1S/C22H20FN3O2/c23-16-7-5-15(6-8-16)13-25-14-19-21(18-3-1-2-4-20(18)25)24-26(22(19)27)17-9-11-28-12-10-17/h1-8,14,17H,9-13H2. The van der Waals surface area contributed by atoms with Crippen LogP contribution >= 0.6 is 0 Å². The Balaban J connectivity index is 1.67. The number of benzene rings is 2. The van der Waals surface area contributed by atoms with Gasteiger partial charge in [-0.1, -0.05) is 30.3 Å². The van der Waals surface area contributed by atoms with Gasteiger partial charge in [0.25, 0.3) is 5.56 Å². The van der Waals surface area contributed by atoms with Crippen LogP contribution in [0.3, 0.4) is 0 Å². The molecule has 0 atom stereocenters. The van der Waals surface area contributed by atoms with Crippen LogP contribution in [-0.2, 0) is 11.3 Å². The summed E-state index contributed by atoms with van der Waals surface area (Å²) in [5.74, 6) is -0.256. The van der Waals surface area contributed by atoms with E-state index in [0.29, 0.717) is 25.3 Å². The minimum atomic E-state index is -0.256. The van der Waals surface area contributed by atoms with Gasteiger partial charge in [-0.15, -0.1) is 0 Å². The third-order valence-electron chi connectivity index (χ3n) is 5.46. The quantitative estimate of drug-likeness (QED) is 0.545. The first kappa shape index (κ1) is 17.1. The van der Waals surface area contributed by atoms with Crippen molar-refractivity contribution in [2.24, 2.45) is 0 Å². The topological polar surface area (TPSA) is 49.0 Å². The number of ether oxygens (including phenoxy) is 1. The maximum Gasteiger partial charge on any atom is 0.278 e. The summed E-state index contributed by atoms with van der Waals surface area (Å²) in [5.41, 5.74) is 3.27. The van der Waals surface area contributed by atoms with Crippen molar-refractivity contribution in [3.63, 3.8) is 0 Å². The second-order valence-corrected chi connectivity index (χ2v) is 7.26. The number of para-hydroxylation sites is 1. The third-order valence-corrected chi connectivity index (χ3v) is 5.46. The molecule has 3 aliphatic heterocycles. The van der Waals surface area contributed by atoms with Crippen LogP contribution in [0.4, 0.5) is 4.39 Å². The number of aromatic nitrogens is 3. The first-order valence-corrected chi connectivity index (χ1v) is 9.53. The number of hydrogen-bond acceptors (Lipinski definition) is 3. The summed E-state index contributed by atoms with van der Waals surface area (Å²) in [4.78, 5) is 13.1. The zero-order valence-electron chi connectivity index (χ0n) is 15.3. The fourth-order valence-corrected chi connectivity index (χ4v) is 3.99. The van der Waals surface area contributed by atoms with Crippen LogP contribution < -0.4 is 5.56 Å². The second-order valence-electron chi connectivity index (χ2n) is 7.26. The fraction of sp³-hybridized carbons (Fsp3) is 0.273. The van der Waals surface area contributed by atoms with Crippen molar-refractivity contribution in [2.75, 3.05) is 13.2 Å². The molecule has 0 bridgehead atoms. The molecule has 5 nitrogen and oxygen atoms in total. The van der Waals surface area contributed by atoms with Crippen molar-refractivity contribution >= 4 is 10.9 Å². The third kappa shape index (κ3) is 2.90. The Hall–Kier alpha value is -2.99. The van der Waals surface area contributed by atoms with Gasteiger partial charge in [-0.25, -0.2) is 9.07 Å². The molecule has 2 aromatic rings. The van der Waals surface area contributed by atoms with Crippen LogP contribution in [0.2, 0.25) is 0 Å². The van der Waals surface area contributed by atoms with Crippen LogP contribution in [0, 0.1) is 5.82 Å². The van der Waals surface area contributed by atoms with Crippen LogP contribution in [0.1, 0.15) is 24.4 Å². The highest BCUT2D eigenvalue weighted by Gasteiger charge is 2.25. The first-order valence-electron chi connectivity index (χ1n) is 9.53. The SMILES string of the molecule is O=c1c2cn(Cc3ccc(F)cc3)c3ccccc3c-2nn1C1CCOCC1. The lowest BCUT2D eigenvalue weighted by Gasteiger charge is -2.21. The molecule has 0 aromatic heterocycles. The van der Waals surface area contributed by atoms with Crippen LogP contribution in [-0.4, -0.2) is 27.6 Å². The van der Waals surface area contributed by atoms with E-state index in [2.05, 4.69) is 0 Å². The molecule has 0 unspecified atom stereocenters. The summed E-state index contributed by atoms with van der Waals surface area (Å²) in [6.07, 6.45) is 3.49. The Morgan fingerprint density at radius 1 is 1.07 bits per heavy atom. The highest BCUT2D eigenvalue weighted by atomic mass is 19.1. The minimum absolute atomic E-state index is 0.0551. The molecule has 5 rings (SSSR count). The van der Waals surface area contributed by atoms with E-state index < -0.39 is 0 Å². The smallest absolute Gasteiger partial charge is 0.278 e. The molecule has 6 heteroatoms. The van der Waals surface area contributed by atoms with Gasteiger partial charge in [0.1, 0.15) is 11.5 Å². The van der Waals surface area contributed by atoms with Crippen molar-refractivity contribution in [1.29, 1.82) is 0 Å². The maximum absolute atomic E-state index is 13.3. The summed E-state index contributed by atoms with van der Waals surface area (Å²) in [5, 5.41) is 5.66. The van der Waals surface area contributed by atoms with Gasteiger partial charge in [0, 0.05) is 31.3 Å². The molecular formula is C22H20FN3O2. The van der Waals surface area contributed by atoms with E-state index in [4.69, 9.17) is 9.84 Å². The molecule has 2 aromatic carbocycles. The van der Waals surface area contributed by atoms with E-state index in [0.717, 1.165) is 35.0 Å². The molecule has 0 saturated carbocycles. The second kappa shape index (κ2) is 6.87. The molecule has 3 aliphatic rings. The highest BCUT2D eigenvalue weighted by molar-refractivity contribution is 5.93. The number of fused-ring (bicyclic) bond motifs is 3. The van der Waals surface area contributed by atoms with Crippen molar-refractivity contribution in [3.05, 3.63) is 76.5 Å². The monoisotopic (exact) mass is 377 g/mol. The molecule has 3 heterocycles. The van der Waals surface area contributed by atoms with Crippen LogP contribution in [0.5, 0.6) is 0 Å². The van der Waals surface area contributed by atoms with Crippen molar-refractivity contribution in [2.45, 2.75) is 25.4 Å². The lowest BCUT2D eigenvalue weighted by atomic mass is 10.1. The summed E-state index contributed by atoms with van der Waals surface area (Å²) >= 11 is 0. The van der Waals surface area contributed by atoms with E-state index in [1.165, 1.54) is 12.1 Å². The van der Waals surface area contributed by atoms with E-state index in [1.807, 2.05) is 35.0 Å². The average molecular weight is 377 g/mol. The van der Waals surface area contributed by atoms with Gasteiger partial charge in [0.15, 0.2) is 0 Å². The predicted octanol–water partition coefficient (Wildman–Crippen LogP) is 3.84. The molecule has 142 valence electrons. The Bertz CT molecular complexity index is 1160. The summed E-state index contributed by atoms with van der Waals surface area (Å²) in [6, 6.07) is 14.5. The van der Waals surface area contributed by atoms with Gasteiger partial charge in [-0.05, 0) is 36.6 Å². The minimum Gasteiger partial charge on any atom is -0.381 e. The number of halogens is 1. The van der Waals surface area contributed by atoms with E-state index >= 15 is 0 Å².